The highest BCUT2D eigenvalue weighted by Crippen LogP contribution is 2.24. The van der Waals surface area contributed by atoms with E-state index >= 15 is 0 Å². The van der Waals surface area contributed by atoms with Gasteiger partial charge in [0, 0.05) is 23.2 Å². The molecule has 3 aromatic rings. The van der Waals surface area contributed by atoms with Crippen LogP contribution in [-0.4, -0.2) is 21.0 Å². The molecule has 0 saturated carbocycles. The number of nitrogens with one attached hydrogen (secondary N) is 1. The molecule has 0 aliphatic heterocycles. The van der Waals surface area contributed by atoms with Crippen molar-refractivity contribution in [3.05, 3.63) is 47.6 Å². The molecule has 0 fully saturated rings. The fourth-order valence-corrected chi connectivity index (χ4v) is 2.26. The molecule has 0 bridgehead atoms. The fourth-order valence-electron chi connectivity index (χ4n) is 1.74. The lowest BCUT2D eigenvalue weighted by atomic mass is 10.1. The molecule has 0 aliphatic rings. The Kier molecular flexibility index (Phi) is 2.85. The standard InChI is InChI=1S/C13H9N3O2S/c17-11-6-8-2-1-3-14-10(8)7-9(11)12(18)16-13-15-4-5-19-13/h1-7,17H,(H,15,16,18). The van der Waals surface area contributed by atoms with E-state index in [0.29, 0.717) is 10.6 Å². The summed E-state index contributed by atoms with van der Waals surface area (Å²) < 4.78 is 0. The summed E-state index contributed by atoms with van der Waals surface area (Å²) in [4.78, 5) is 20.2. The molecular weight excluding hydrogens is 262 g/mol. The zero-order valence-electron chi connectivity index (χ0n) is 9.70. The van der Waals surface area contributed by atoms with Gasteiger partial charge in [-0.3, -0.25) is 15.1 Å². The number of pyridine rings is 1. The van der Waals surface area contributed by atoms with Crippen molar-refractivity contribution >= 4 is 33.3 Å². The summed E-state index contributed by atoms with van der Waals surface area (Å²) in [5.74, 6) is -0.477. The molecular formula is C13H9N3O2S. The minimum Gasteiger partial charge on any atom is -0.507 e. The number of aromatic hydroxyl groups is 1. The number of amides is 1. The normalized spacial score (nSPS) is 10.5. The predicted octanol–water partition coefficient (Wildman–Crippen LogP) is 2.65. The van der Waals surface area contributed by atoms with Gasteiger partial charge in [-0.15, -0.1) is 11.3 Å². The molecule has 0 saturated heterocycles. The van der Waals surface area contributed by atoms with Crippen LogP contribution in [0, 0.1) is 0 Å². The van der Waals surface area contributed by atoms with Gasteiger partial charge in [0.1, 0.15) is 5.75 Å². The molecule has 0 radical (unpaired) electrons. The van der Waals surface area contributed by atoms with Crippen LogP contribution in [0.25, 0.3) is 10.9 Å². The van der Waals surface area contributed by atoms with Crippen LogP contribution in [0.2, 0.25) is 0 Å². The van der Waals surface area contributed by atoms with Gasteiger partial charge >= 0.3 is 0 Å². The highest BCUT2D eigenvalue weighted by Gasteiger charge is 2.13. The first kappa shape index (κ1) is 11.6. The topological polar surface area (TPSA) is 75.1 Å². The van der Waals surface area contributed by atoms with E-state index in [0.717, 1.165) is 5.39 Å². The Bertz CT molecular complexity index is 741. The fraction of sp³-hybridized carbons (Fsp3) is 0. The molecule has 1 aromatic carbocycles. The highest BCUT2D eigenvalue weighted by atomic mass is 32.1. The van der Waals surface area contributed by atoms with Crippen molar-refractivity contribution < 1.29 is 9.90 Å². The second kappa shape index (κ2) is 4.66. The average molecular weight is 271 g/mol. The third kappa shape index (κ3) is 2.25. The maximum Gasteiger partial charge on any atom is 0.261 e. The molecule has 0 unspecified atom stereocenters. The zero-order chi connectivity index (χ0) is 13.2. The number of nitrogens with zero attached hydrogens (tertiary/aromatic N) is 2. The summed E-state index contributed by atoms with van der Waals surface area (Å²) in [6.45, 7) is 0. The number of anilines is 1. The lowest BCUT2D eigenvalue weighted by molar-refractivity contribution is 0.102. The van der Waals surface area contributed by atoms with Gasteiger partial charge in [-0.2, -0.15) is 0 Å². The van der Waals surface area contributed by atoms with E-state index in [1.54, 1.807) is 29.9 Å². The molecule has 0 aliphatic carbocycles. The third-order valence-corrected chi connectivity index (χ3v) is 3.31. The number of rotatable bonds is 2. The van der Waals surface area contributed by atoms with Crippen molar-refractivity contribution in [1.82, 2.24) is 9.97 Å². The summed E-state index contributed by atoms with van der Waals surface area (Å²) in [6, 6.07) is 6.69. The zero-order valence-corrected chi connectivity index (χ0v) is 10.5. The van der Waals surface area contributed by atoms with E-state index in [-0.39, 0.29) is 11.3 Å². The Hall–Kier alpha value is -2.47. The molecule has 2 heterocycles. The van der Waals surface area contributed by atoms with E-state index in [4.69, 9.17) is 0 Å². The Balaban J connectivity index is 1.99. The quantitative estimate of drug-likeness (QED) is 0.751. The lowest BCUT2D eigenvalue weighted by Crippen LogP contribution is -2.11. The maximum atomic E-state index is 12.0. The molecule has 6 heteroatoms. The van der Waals surface area contributed by atoms with Crippen molar-refractivity contribution in [3.8, 4) is 5.75 Å². The smallest absolute Gasteiger partial charge is 0.261 e. The SMILES string of the molecule is O=C(Nc1nccs1)c1cc2ncccc2cc1O. The molecule has 2 aromatic heterocycles. The Labute approximate surface area is 112 Å². The van der Waals surface area contributed by atoms with E-state index in [9.17, 15) is 9.90 Å². The van der Waals surface area contributed by atoms with Crippen molar-refractivity contribution in [2.75, 3.05) is 5.32 Å². The number of hydrogen-bond acceptors (Lipinski definition) is 5. The summed E-state index contributed by atoms with van der Waals surface area (Å²) in [5, 5.41) is 15.6. The second-order valence-electron chi connectivity index (χ2n) is 3.86. The molecule has 5 nitrogen and oxygen atoms in total. The Morgan fingerprint density at radius 3 is 2.95 bits per heavy atom. The first-order chi connectivity index (χ1) is 9.24. The summed E-state index contributed by atoms with van der Waals surface area (Å²) >= 11 is 1.32. The van der Waals surface area contributed by atoms with Crippen molar-refractivity contribution in [1.29, 1.82) is 0 Å². The summed E-state index contributed by atoms with van der Waals surface area (Å²) in [7, 11) is 0. The number of thiazole rings is 1. The number of carbonyl (C=O) groups is 1. The minimum atomic E-state index is -0.403. The van der Waals surface area contributed by atoms with Crippen LogP contribution in [0.15, 0.2) is 42.0 Å². The van der Waals surface area contributed by atoms with Gasteiger partial charge in [0.05, 0.1) is 11.1 Å². The molecule has 94 valence electrons. The largest absolute Gasteiger partial charge is 0.507 e. The summed E-state index contributed by atoms with van der Waals surface area (Å²) in [6.07, 6.45) is 3.24. The first-order valence-electron chi connectivity index (χ1n) is 5.52. The van der Waals surface area contributed by atoms with Crippen molar-refractivity contribution in [2.45, 2.75) is 0 Å². The van der Waals surface area contributed by atoms with E-state index < -0.39 is 5.91 Å². The van der Waals surface area contributed by atoms with Gasteiger partial charge in [-0.25, -0.2) is 4.98 Å². The first-order valence-corrected chi connectivity index (χ1v) is 6.40. The van der Waals surface area contributed by atoms with Crippen LogP contribution in [0.1, 0.15) is 10.4 Å². The van der Waals surface area contributed by atoms with Crippen LogP contribution in [0.3, 0.4) is 0 Å². The Morgan fingerprint density at radius 2 is 2.16 bits per heavy atom. The Morgan fingerprint density at radius 1 is 1.26 bits per heavy atom. The molecule has 1 amide bonds. The van der Waals surface area contributed by atoms with E-state index in [1.165, 1.54) is 17.4 Å². The molecule has 19 heavy (non-hydrogen) atoms. The van der Waals surface area contributed by atoms with E-state index in [1.807, 2.05) is 6.07 Å². The monoisotopic (exact) mass is 271 g/mol. The number of aromatic nitrogens is 2. The third-order valence-electron chi connectivity index (χ3n) is 2.62. The predicted molar refractivity (Wildman–Crippen MR) is 73.5 cm³/mol. The highest BCUT2D eigenvalue weighted by molar-refractivity contribution is 7.13. The van der Waals surface area contributed by atoms with Gasteiger partial charge in [0.25, 0.3) is 5.91 Å². The van der Waals surface area contributed by atoms with Crippen LogP contribution >= 0.6 is 11.3 Å². The van der Waals surface area contributed by atoms with Crippen LogP contribution < -0.4 is 5.32 Å². The molecule has 0 spiro atoms. The molecule has 2 N–H and O–H groups in total. The van der Waals surface area contributed by atoms with Crippen LogP contribution in [0.4, 0.5) is 5.13 Å². The van der Waals surface area contributed by atoms with Crippen LogP contribution in [0.5, 0.6) is 5.75 Å². The number of phenols is 1. The van der Waals surface area contributed by atoms with Gasteiger partial charge < -0.3 is 5.11 Å². The van der Waals surface area contributed by atoms with Crippen molar-refractivity contribution in [3.63, 3.8) is 0 Å². The maximum absolute atomic E-state index is 12.0. The van der Waals surface area contributed by atoms with E-state index in [2.05, 4.69) is 15.3 Å². The minimum absolute atomic E-state index is 0.0745. The van der Waals surface area contributed by atoms with Gasteiger partial charge in [-0.05, 0) is 18.2 Å². The lowest BCUT2D eigenvalue weighted by Gasteiger charge is -2.06. The van der Waals surface area contributed by atoms with Gasteiger partial charge in [-0.1, -0.05) is 6.07 Å². The molecule has 3 rings (SSSR count). The second-order valence-corrected chi connectivity index (χ2v) is 4.75. The number of fused-ring (bicyclic) bond motifs is 1. The number of hydrogen-bond donors (Lipinski definition) is 2. The number of benzene rings is 1. The number of phenolic OH excluding ortho intramolecular Hbond substituents is 1. The van der Waals surface area contributed by atoms with Gasteiger partial charge in [0.2, 0.25) is 0 Å². The molecule has 0 atom stereocenters. The van der Waals surface area contributed by atoms with Crippen molar-refractivity contribution in [2.24, 2.45) is 0 Å². The number of carbonyl (C=O) groups excluding carboxylic acids is 1. The summed E-state index contributed by atoms with van der Waals surface area (Å²) in [5.41, 5.74) is 0.839. The van der Waals surface area contributed by atoms with Crippen LogP contribution in [-0.2, 0) is 0 Å². The average Bonchev–Trinajstić information content (AvgIpc) is 2.90. The van der Waals surface area contributed by atoms with Gasteiger partial charge in [0.15, 0.2) is 5.13 Å².